The van der Waals surface area contributed by atoms with Crippen LogP contribution in [-0.2, 0) is 6.54 Å². The lowest BCUT2D eigenvalue weighted by atomic mass is 10.4. The monoisotopic (exact) mass is 213 g/mol. The molecule has 0 aliphatic carbocycles. The zero-order valence-corrected chi connectivity index (χ0v) is 10.0. The molecule has 0 bridgehead atoms. The Labute approximate surface area is 90.2 Å². The van der Waals surface area contributed by atoms with Gasteiger partial charge in [0.2, 0.25) is 0 Å². The van der Waals surface area contributed by atoms with Gasteiger partial charge in [0, 0.05) is 25.5 Å². The van der Waals surface area contributed by atoms with Gasteiger partial charge in [-0.1, -0.05) is 13.8 Å². The first kappa shape index (κ1) is 11.5. The predicted octanol–water partition coefficient (Wildman–Crippen LogP) is 2.10. The van der Waals surface area contributed by atoms with Crippen molar-refractivity contribution in [2.75, 3.05) is 25.0 Å². The lowest BCUT2D eigenvalue weighted by Crippen LogP contribution is -2.18. The quantitative estimate of drug-likeness (QED) is 0.784. The van der Waals surface area contributed by atoms with Crippen molar-refractivity contribution in [3.05, 3.63) is 11.1 Å². The molecule has 4 heteroatoms. The molecule has 0 saturated carbocycles. The lowest BCUT2D eigenvalue weighted by molar-refractivity contribution is 0.712. The van der Waals surface area contributed by atoms with Gasteiger partial charge < -0.3 is 10.2 Å². The van der Waals surface area contributed by atoms with Crippen LogP contribution in [0.2, 0.25) is 0 Å². The van der Waals surface area contributed by atoms with Crippen LogP contribution in [0.15, 0.2) is 5.38 Å². The van der Waals surface area contributed by atoms with Gasteiger partial charge in [0.15, 0.2) is 5.13 Å². The van der Waals surface area contributed by atoms with E-state index in [0.717, 1.165) is 30.5 Å². The number of hydrogen-bond donors (Lipinski definition) is 1. The predicted molar refractivity (Wildman–Crippen MR) is 63.1 cm³/mol. The third-order valence-corrected chi connectivity index (χ3v) is 2.99. The molecular formula is C10H19N3S. The van der Waals surface area contributed by atoms with E-state index in [0.29, 0.717) is 0 Å². The molecule has 0 unspecified atom stereocenters. The van der Waals surface area contributed by atoms with Crippen LogP contribution in [0.5, 0.6) is 0 Å². The van der Waals surface area contributed by atoms with Crippen LogP contribution in [0.4, 0.5) is 5.13 Å². The Hall–Kier alpha value is -0.610. The highest BCUT2D eigenvalue weighted by Gasteiger charge is 2.05. The fraction of sp³-hybridized carbons (Fsp3) is 0.700. The summed E-state index contributed by atoms with van der Waals surface area (Å²) in [5.41, 5.74) is 1.15. The van der Waals surface area contributed by atoms with Gasteiger partial charge in [0.25, 0.3) is 0 Å². The van der Waals surface area contributed by atoms with Crippen molar-refractivity contribution in [1.29, 1.82) is 0 Å². The van der Waals surface area contributed by atoms with Crippen molar-refractivity contribution in [3.63, 3.8) is 0 Å². The van der Waals surface area contributed by atoms with Crippen LogP contribution in [0, 0.1) is 0 Å². The van der Waals surface area contributed by atoms with Crippen molar-refractivity contribution in [1.82, 2.24) is 10.3 Å². The molecule has 0 radical (unpaired) electrons. The zero-order valence-electron chi connectivity index (χ0n) is 9.21. The van der Waals surface area contributed by atoms with Gasteiger partial charge in [-0.25, -0.2) is 4.98 Å². The highest BCUT2D eigenvalue weighted by molar-refractivity contribution is 7.13. The van der Waals surface area contributed by atoms with Crippen LogP contribution in [0.3, 0.4) is 0 Å². The first-order valence-corrected chi connectivity index (χ1v) is 6.02. The summed E-state index contributed by atoms with van der Waals surface area (Å²) in [6.07, 6.45) is 1.17. The van der Waals surface area contributed by atoms with Crippen molar-refractivity contribution in [3.8, 4) is 0 Å². The standard InChI is InChI=1S/C10H19N3S/c1-4-6-13(3)10-12-9(8-14-10)7-11-5-2/h8,11H,4-7H2,1-3H3. The fourth-order valence-electron chi connectivity index (χ4n) is 1.24. The molecule has 0 aliphatic heterocycles. The van der Waals surface area contributed by atoms with E-state index in [2.05, 4.69) is 41.5 Å². The fourth-order valence-corrected chi connectivity index (χ4v) is 2.06. The van der Waals surface area contributed by atoms with Crippen LogP contribution < -0.4 is 10.2 Å². The van der Waals surface area contributed by atoms with Gasteiger partial charge in [-0.2, -0.15) is 0 Å². The smallest absolute Gasteiger partial charge is 0.185 e. The summed E-state index contributed by atoms with van der Waals surface area (Å²) in [4.78, 5) is 6.76. The second-order valence-corrected chi connectivity index (χ2v) is 4.16. The molecule has 0 atom stereocenters. The largest absolute Gasteiger partial charge is 0.351 e. The normalized spacial score (nSPS) is 10.5. The number of rotatable bonds is 6. The second-order valence-electron chi connectivity index (χ2n) is 3.32. The summed E-state index contributed by atoms with van der Waals surface area (Å²) >= 11 is 1.72. The van der Waals surface area contributed by atoms with Crippen LogP contribution in [0.1, 0.15) is 26.0 Å². The topological polar surface area (TPSA) is 28.2 Å². The summed E-state index contributed by atoms with van der Waals surface area (Å²) in [5.74, 6) is 0. The molecule has 3 nitrogen and oxygen atoms in total. The highest BCUT2D eigenvalue weighted by atomic mass is 32.1. The first-order chi connectivity index (χ1) is 6.77. The van der Waals surface area contributed by atoms with E-state index in [1.807, 2.05) is 0 Å². The summed E-state index contributed by atoms with van der Waals surface area (Å²) in [5, 5.41) is 6.53. The third kappa shape index (κ3) is 3.27. The van der Waals surface area contributed by atoms with Crippen molar-refractivity contribution in [2.45, 2.75) is 26.8 Å². The molecule has 0 aromatic carbocycles. The minimum atomic E-state index is 0.882. The Bertz CT molecular complexity index is 260. The molecule has 1 rings (SSSR count). The van der Waals surface area contributed by atoms with Gasteiger partial charge in [-0.3, -0.25) is 0 Å². The summed E-state index contributed by atoms with van der Waals surface area (Å²) in [6, 6.07) is 0. The number of hydrogen-bond acceptors (Lipinski definition) is 4. The Kier molecular flexibility index (Phi) is 4.90. The van der Waals surface area contributed by atoms with Gasteiger partial charge in [0.1, 0.15) is 0 Å². The first-order valence-electron chi connectivity index (χ1n) is 5.14. The van der Waals surface area contributed by atoms with E-state index in [4.69, 9.17) is 0 Å². The molecule has 80 valence electrons. The number of nitrogens with zero attached hydrogens (tertiary/aromatic N) is 2. The minimum absolute atomic E-state index is 0.882. The average molecular weight is 213 g/mol. The Balaban J connectivity index is 2.49. The number of aromatic nitrogens is 1. The zero-order chi connectivity index (χ0) is 10.4. The van der Waals surface area contributed by atoms with Gasteiger partial charge in [-0.05, 0) is 13.0 Å². The molecule has 14 heavy (non-hydrogen) atoms. The molecule has 1 aromatic heterocycles. The molecule has 1 N–H and O–H groups in total. The Morgan fingerprint density at radius 1 is 1.50 bits per heavy atom. The maximum absolute atomic E-state index is 4.55. The van der Waals surface area contributed by atoms with E-state index in [1.165, 1.54) is 6.42 Å². The van der Waals surface area contributed by atoms with Crippen LogP contribution in [-0.4, -0.2) is 25.1 Å². The molecule has 1 aromatic rings. The molecule has 0 spiro atoms. The van der Waals surface area contributed by atoms with Crippen LogP contribution in [0.25, 0.3) is 0 Å². The average Bonchev–Trinajstić information content (AvgIpc) is 2.63. The van der Waals surface area contributed by atoms with Crippen molar-refractivity contribution < 1.29 is 0 Å². The summed E-state index contributed by atoms with van der Waals surface area (Å²) in [7, 11) is 2.10. The van der Waals surface area contributed by atoms with E-state index in [-0.39, 0.29) is 0 Å². The molecule has 1 heterocycles. The molecule has 0 fully saturated rings. The van der Waals surface area contributed by atoms with Crippen molar-refractivity contribution >= 4 is 16.5 Å². The Morgan fingerprint density at radius 3 is 2.93 bits per heavy atom. The Morgan fingerprint density at radius 2 is 2.29 bits per heavy atom. The molecule has 0 aliphatic rings. The molecule has 0 amide bonds. The van der Waals surface area contributed by atoms with E-state index >= 15 is 0 Å². The van der Waals surface area contributed by atoms with Gasteiger partial charge in [-0.15, -0.1) is 11.3 Å². The highest BCUT2D eigenvalue weighted by Crippen LogP contribution is 2.19. The summed E-state index contributed by atoms with van der Waals surface area (Å²) < 4.78 is 0. The molecular weight excluding hydrogens is 194 g/mol. The van der Waals surface area contributed by atoms with E-state index < -0.39 is 0 Å². The SMILES string of the molecule is CCCN(C)c1nc(CNCC)cs1. The van der Waals surface area contributed by atoms with E-state index in [9.17, 15) is 0 Å². The summed E-state index contributed by atoms with van der Waals surface area (Å²) in [6.45, 7) is 7.25. The third-order valence-electron chi connectivity index (χ3n) is 1.98. The number of nitrogens with one attached hydrogen (secondary N) is 1. The maximum atomic E-state index is 4.55. The van der Waals surface area contributed by atoms with E-state index in [1.54, 1.807) is 11.3 Å². The number of anilines is 1. The van der Waals surface area contributed by atoms with Gasteiger partial charge >= 0.3 is 0 Å². The van der Waals surface area contributed by atoms with Crippen LogP contribution >= 0.6 is 11.3 Å². The lowest BCUT2D eigenvalue weighted by Gasteiger charge is -2.13. The molecule has 0 saturated heterocycles. The maximum Gasteiger partial charge on any atom is 0.185 e. The minimum Gasteiger partial charge on any atom is -0.351 e. The van der Waals surface area contributed by atoms with Crippen molar-refractivity contribution in [2.24, 2.45) is 0 Å². The number of thiazole rings is 1. The second kappa shape index (κ2) is 5.98. The van der Waals surface area contributed by atoms with Gasteiger partial charge in [0.05, 0.1) is 5.69 Å².